The maximum Gasteiger partial charge on any atom is 0.0707 e. The number of ether oxygens (including phenoxy) is 1. The molecule has 0 aliphatic carbocycles. The Bertz CT molecular complexity index is 161. The van der Waals surface area contributed by atoms with Crippen molar-refractivity contribution in [1.29, 1.82) is 0 Å². The highest BCUT2D eigenvalue weighted by Crippen LogP contribution is 2.28. The lowest BCUT2D eigenvalue weighted by molar-refractivity contribution is -0.0141. The Balaban J connectivity index is 1.98. The minimum absolute atomic E-state index is 0.120. The van der Waals surface area contributed by atoms with Crippen molar-refractivity contribution in [2.24, 2.45) is 0 Å². The van der Waals surface area contributed by atoms with Crippen LogP contribution in [0.15, 0.2) is 0 Å². The van der Waals surface area contributed by atoms with Crippen molar-refractivity contribution in [3.8, 4) is 0 Å². The maximum atomic E-state index is 5.89. The molecular formula is C11H22INO. The van der Waals surface area contributed by atoms with Crippen LogP contribution < -0.4 is 5.32 Å². The van der Waals surface area contributed by atoms with Gasteiger partial charge in [-0.3, -0.25) is 0 Å². The van der Waals surface area contributed by atoms with Gasteiger partial charge in [0.05, 0.1) is 11.7 Å². The van der Waals surface area contributed by atoms with Gasteiger partial charge >= 0.3 is 0 Å². The van der Waals surface area contributed by atoms with Gasteiger partial charge in [-0.25, -0.2) is 0 Å². The van der Waals surface area contributed by atoms with Gasteiger partial charge in [-0.15, -0.1) is 0 Å². The minimum Gasteiger partial charge on any atom is -0.371 e. The molecule has 0 aromatic heterocycles. The van der Waals surface area contributed by atoms with E-state index in [2.05, 4.69) is 41.8 Å². The van der Waals surface area contributed by atoms with Gasteiger partial charge in [0.1, 0.15) is 0 Å². The summed E-state index contributed by atoms with van der Waals surface area (Å²) >= 11 is 2.43. The Kier molecular flexibility index (Phi) is 5.71. The van der Waals surface area contributed by atoms with Crippen LogP contribution in [0.2, 0.25) is 0 Å². The molecule has 0 spiro atoms. The van der Waals surface area contributed by atoms with Gasteiger partial charge in [0.15, 0.2) is 0 Å². The fraction of sp³-hybridized carbons (Fsp3) is 1.00. The van der Waals surface area contributed by atoms with Gasteiger partial charge in [0, 0.05) is 6.54 Å². The summed E-state index contributed by atoms with van der Waals surface area (Å²) in [5.74, 6) is 0. The third kappa shape index (κ3) is 4.94. The smallest absolute Gasteiger partial charge is 0.0707 e. The highest BCUT2D eigenvalue weighted by molar-refractivity contribution is 14.1. The van der Waals surface area contributed by atoms with Crippen molar-refractivity contribution in [3.05, 3.63) is 0 Å². The van der Waals surface area contributed by atoms with Gasteiger partial charge in [0.25, 0.3) is 0 Å². The molecule has 1 N–H and O–H groups in total. The Labute approximate surface area is 101 Å². The molecule has 3 heteroatoms. The molecule has 1 aliphatic rings. The Morgan fingerprint density at radius 2 is 2.21 bits per heavy atom. The topological polar surface area (TPSA) is 21.3 Å². The molecule has 84 valence electrons. The van der Waals surface area contributed by atoms with E-state index in [1.54, 1.807) is 0 Å². The molecule has 0 saturated carbocycles. The minimum atomic E-state index is 0.120. The lowest BCUT2D eigenvalue weighted by atomic mass is 10.1. The van der Waals surface area contributed by atoms with E-state index in [9.17, 15) is 0 Å². The Hall–Kier alpha value is 0.650. The van der Waals surface area contributed by atoms with Crippen LogP contribution in [-0.2, 0) is 4.74 Å². The molecule has 1 rings (SSSR count). The number of unbranched alkanes of at least 4 members (excludes halogenated alkanes) is 1. The second-order valence-electron chi connectivity index (χ2n) is 4.64. The summed E-state index contributed by atoms with van der Waals surface area (Å²) in [4.78, 5) is 0. The zero-order valence-electron chi connectivity index (χ0n) is 9.31. The molecule has 0 bridgehead atoms. The molecule has 0 aromatic rings. The van der Waals surface area contributed by atoms with E-state index in [0.29, 0.717) is 6.10 Å². The lowest BCUT2D eigenvalue weighted by Crippen LogP contribution is -2.29. The largest absolute Gasteiger partial charge is 0.371 e. The molecule has 2 nitrogen and oxygen atoms in total. The summed E-state index contributed by atoms with van der Waals surface area (Å²) in [6, 6.07) is 0. The summed E-state index contributed by atoms with van der Waals surface area (Å²) in [6.07, 6.45) is 5.48. The van der Waals surface area contributed by atoms with E-state index in [4.69, 9.17) is 4.74 Å². The van der Waals surface area contributed by atoms with Crippen molar-refractivity contribution >= 4 is 22.6 Å². The van der Waals surface area contributed by atoms with Gasteiger partial charge < -0.3 is 10.1 Å². The fourth-order valence-corrected chi connectivity index (χ4v) is 2.37. The van der Waals surface area contributed by atoms with Gasteiger partial charge in [-0.2, -0.15) is 0 Å². The van der Waals surface area contributed by atoms with E-state index in [0.717, 1.165) is 13.1 Å². The quantitative estimate of drug-likeness (QED) is 0.463. The van der Waals surface area contributed by atoms with Crippen LogP contribution in [-0.4, -0.2) is 29.2 Å². The molecular weight excluding hydrogens is 289 g/mol. The van der Waals surface area contributed by atoms with E-state index < -0.39 is 0 Å². The molecule has 1 heterocycles. The molecule has 1 saturated heterocycles. The van der Waals surface area contributed by atoms with Crippen LogP contribution in [0.5, 0.6) is 0 Å². The number of nitrogens with one attached hydrogen (secondary N) is 1. The number of halogens is 1. The van der Waals surface area contributed by atoms with Crippen molar-refractivity contribution in [1.82, 2.24) is 5.32 Å². The predicted octanol–water partition coefficient (Wildman–Crippen LogP) is 2.75. The van der Waals surface area contributed by atoms with Crippen molar-refractivity contribution in [2.75, 3.05) is 17.5 Å². The van der Waals surface area contributed by atoms with E-state index in [1.165, 1.54) is 30.1 Å². The summed E-state index contributed by atoms with van der Waals surface area (Å²) in [5, 5.41) is 3.47. The van der Waals surface area contributed by atoms with E-state index >= 15 is 0 Å². The molecule has 1 atom stereocenters. The third-order valence-corrected chi connectivity index (χ3v) is 3.43. The predicted molar refractivity (Wildman–Crippen MR) is 69.2 cm³/mol. The summed E-state index contributed by atoms with van der Waals surface area (Å²) in [7, 11) is 0. The van der Waals surface area contributed by atoms with Crippen molar-refractivity contribution in [3.63, 3.8) is 0 Å². The Morgan fingerprint density at radius 3 is 2.79 bits per heavy atom. The molecule has 0 radical (unpaired) electrons. The second-order valence-corrected chi connectivity index (χ2v) is 5.72. The number of rotatable bonds is 6. The van der Waals surface area contributed by atoms with E-state index in [-0.39, 0.29) is 5.60 Å². The molecule has 0 amide bonds. The summed E-state index contributed by atoms with van der Waals surface area (Å²) < 4.78 is 7.16. The lowest BCUT2D eigenvalue weighted by Gasteiger charge is -2.19. The molecule has 1 fully saturated rings. The standard InChI is InChI=1S/C11H22INO/c1-11(2)6-5-10(14-11)9-13-8-4-3-7-12/h10,13H,3-9H2,1-2H3. The van der Waals surface area contributed by atoms with Crippen LogP contribution in [0.25, 0.3) is 0 Å². The third-order valence-electron chi connectivity index (χ3n) is 2.66. The molecule has 14 heavy (non-hydrogen) atoms. The summed E-state index contributed by atoms with van der Waals surface area (Å²) in [6.45, 7) is 6.54. The van der Waals surface area contributed by atoms with Crippen LogP contribution in [0.4, 0.5) is 0 Å². The van der Waals surface area contributed by atoms with Crippen LogP contribution >= 0.6 is 22.6 Å². The van der Waals surface area contributed by atoms with Crippen LogP contribution in [0, 0.1) is 0 Å². The Morgan fingerprint density at radius 1 is 1.43 bits per heavy atom. The molecule has 0 aromatic carbocycles. The first-order valence-corrected chi connectivity index (χ1v) is 7.11. The average molecular weight is 311 g/mol. The molecule has 1 aliphatic heterocycles. The van der Waals surface area contributed by atoms with Crippen LogP contribution in [0.1, 0.15) is 39.5 Å². The first kappa shape index (κ1) is 12.7. The highest BCUT2D eigenvalue weighted by atomic mass is 127. The summed E-state index contributed by atoms with van der Waals surface area (Å²) in [5.41, 5.74) is 0.120. The number of alkyl halides is 1. The van der Waals surface area contributed by atoms with Crippen LogP contribution in [0.3, 0.4) is 0 Å². The zero-order valence-corrected chi connectivity index (χ0v) is 11.5. The fourth-order valence-electron chi connectivity index (χ4n) is 1.83. The van der Waals surface area contributed by atoms with Gasteiger partial charge in [-0.05, 0) is 50.5 Å². The first-order chi connectivity index (χ1) is 6.64. The average Bonchev–Trinajstić information content (AvgIpc) is 2.45. The monoisotopic (exact) mass is 311 g/mol. The number of hydrogen-bond donors (Lipinski definition) is 1. The molecule has 1 unspecified atom stereocenters. The highest BCUT2D eigenvalue weighted by Gasteiger charge is 2.30. The maximum absolute atomic E-state index is 5.89. The number of hydrogen-bond acceptors (Lipinski definition) is 2. The van der Waals surface area contributed by atoms with Crippen molar-refractivity contribution in [2.45, 2.75) is 51.2 Å². The first-order valence-electron chi connectivity index (χ1n) is 5.58. The normalized spacial score (nSPS) is 25.5. The SMILES string of the molecule is CC1(C)CCC(CNCCCCI)O1. The van der Waals surface area contributed by atoms with E-state index in [1.807, 2.05) is 0 Å². The van der Waals surface area contributed by atoms with Crippen molar-refractivity contribution < 1.29 is 4.74 Å². The van der Waals surface area contributed by atoms with Gasteiger partial charge in [-0.1, -0.05) is 22.6 Å². The van der Waals surface area contributed by atoms with Gasteiger partial charge in [0.2, 0.25) is 0 Å². The zero-order chi connectivity index (χ0) is 10.4. The second kappa shape index (κ2) is 6.28.